The van der Waals surface area contributed by atoms with Crippen LogP contribution in [0.5, 0.6) is 0 Å². The number of hydrogen-bond acceptors (Lipinski definition) is 2. The minimum Gasteiger partial charge on any atom is -0.478 e. The minimum absolute atomic E-state index is 0.0803. The predicted molar refractivity (Wildman–Crippen MR) is 80.8 cm³/mol. The van der Waals surface area contributed by atoms with Gasteiger partial charge in [0.25, 0.3) is 0 Å². The summed E-state index contributed by atoms with van der Waals surface area (Å²) < 4.78 is 0.565. The minimum atomic E-state index is -1.07. The molecule has 3 N–H and O–H groups in total. The first kappa shape index (κ1) is 16.1. The molecule has 0 fully saturated rings. The Bertz CT molecular complexity index is 552. The van der Waals surface area contributed by atoms with Gasteiger partial charge in [-0.2, -0.15) is 0 Å². The zero-order valence-corrected chi connectivity index (χ0v) is 12.5. The van der Waals surface area contributed by atoms with E-state index in [0.717, 1.165) is 6.42 Å². The Morgan fingerprint density at radius 2 is 2.15 bits per heavy atom. The number of amides is 2. The molecule has 0 aliphatic heterocycles. The maximum absolute atomic E-state index is 11.8. The average molecular weight is 339 g/mol. The summed E-state index contributed by atoms with van der Waals surface area (Å²) in [5, 5.41) is 14.1. The van der Waals surface area contributed by atoms with Gasteiger partial charge in [-0.15, -0.1) is 6.42 Å². The normalized spacial score (nSPS) is 11.2. The van der Waals surface area contributed by atoms with Gasteiger partial charge in [0, 0.05) is 10.2 Å². The van der Waals surface area contributed by atoms with Gasteiger partial charge >= 0.3 is 12.0 Å². The number of urea groups is 1. The molecule has 1 atom stereocenters. The summed E-state index contributed by atoms with van der Waals surface area (Å²) in [6, 6.07) is 3.63. The summed E-state index contributed by atoms with van der Waals surface area (Å²) in [6.07, 6.45) is 6.85. The van der Waals surface area contributed by atoms with Gasteiger partial charge < -0.3 is 15.7 Å². The number of nitrogens with one attached hydrogen (secondary N) is 2. The van der Waals surface area contributed by atoms with Gasteiger partial charge in [0.15, 0.2) is 0 Å². The molecule has 0 aromatic heterocycles. The molecule has 6 heteroatoms. The molecule has 0 aliphatic rings. The van der Waals surface area contributed by atoms with Gasteiger partial charge in [0.2, 0.25) is 0 Å². The number of carboxylic acids is 1. The van der Waals surface area contributed by atoms with Crippen molar-refractivity contribution in [1.82, 2.24) is 5.32 Å². The van der Waals surface area contributed by atoms with Crippen molar-refractivity contribution in [3.63, 3.8) is 0 Å². The average Bonchev–Trinajstić information content (AvgIpc) is 2.37. The number of aromatic carboxylic acids is 1. The largest absolute Gasteiger partial charge is 0.478 e. The quantitative estimate of drug-likeness (QED) is 0.722. The SMILES string of the molecule is C#CC(CCC)NC(=O)Nc1cc(Br)cc(C(=O)O)c1. The van der Waals surface area contributed by atoms with Crippen LogP contribution in [0.25, 0.3) is 0 Å². The Balaban J connectivity index is 2.76. The zero-order valence-electron chi connectivity index (χ0n) is 10.9. The number of hydrogen-bond donors (Lipinski definition) is 3. The Morgan fingerprint density at radius 1 is 1.45 bits per heavy atom. The first-order valence-corrected chi connectivity index (χ1v) is 6.83. The van der Waals surface area contributed by atoms with Crippen LogP contribution in [0.1, 0.15) is 30.1 Å². The Kier molecular flexibility index (Phi) is 6.07. The molecule has 0 spiro atoms. The smallest absolute Gasteiger partial charge is 0.335 e. The van der Waals surface area contributed by atoms with Crippen molar-refractivity contribution in [3.05, 3.63) is 28.2 Å². The molecule has 5 nitrogen and oxygen atoms in total. The van der Waals surface area contributed by atoms with Gasteiger partial charge in [-0.3, -0.25) is 0 Å². The molecule has 0 radical (unpaired) electrons. The van der Waals surface area contributed by atoms with Crippen LogP contribution in [0.4, 0.5) is 10.5 Å². The molecule has 106 valence electrons. The van der Waals surface area contributed by atoms with Crippen LogP contribution < -0.4 is 10.6 Å². The molecular formula is C14H15BrN2O3. The lowest BCUT2D eigenvalue weighted by Crippen LogP contribution is -2.37. The van der Waals surface area contributed by atoms with E-state index in [4.69, 9.17) is 11.5 Å². The van der Waals surface area contributed by atoms with Crippen molar-refractivity contribution < 1.29 is 14.7 Å². The molecule has 2 amide bonds. The summed E-state index contributed by atoms with van der Waals surface area (Å²) >= 11 is 3.19. The number of halogens is 1. The number of anilines is 1. The molecule has 0 saturated heterocycles. The summed E-state index contributed by atoms with van der Waals surface area (Å²) in [5.41, 5.74) is 0.457. The van der Waals surface area contributed by atoms with Crippen molar-refractivity contribution in [2.75, 3.05) is 5.32 Å². The molecule has 0 aliphatic carbocycles. The van der Waals surface area contributed by atoms with E-state index < -0.39 is 12.0 Å². The second-order valence-electron chi connectivity index (χ2n) is 4.14. The van der Waals surface area contributed by atoms with Gasteiger partial charge in [0.1, 0.15) is 0 Å². The van der Waals surface area contributed by atoms with E-state index in [1.807, 2.05) is 6.92 Å². The third-order valence-electron chi connectivity index (χ3n) is 2.49. The highest BCUT2D eigenvalue weighted by molar-refractivity contribution is 9.10. The number of carbonyl (C=O) groups is 2. The van der Waals surface area contributed by atoms with Crippen LogP contribution in [0.15, 0.2) is 22.7 Å². The highest BCUT2D eigenvalue weighted by Gasteiger charge is 2.11. The molecule has 0 heterocycles. The first-order chi connectivity index (χ1) is 9.46. The van der Waals surface area contributed by atoms with Crippen molar-refractivity contribution in [2.45, 2.75) is 25.8 Å². The molecular weight excluding hydrogens is 324 g/mol. The molecule has 0 saturated carbocycles. The van der Waals surface area contributed by atoms with E-state index in [0.29, 0.717) is 16.6 Å². The van der Waals surface area contributed by atoms with Gasteiger partial charge in [-0.1, -0.05) is 35.2 Å². The lowest BCUT2D eigenvalue weighted by atomic mass is 10.2. The van der Waals surface area contributed by atoms with E-state index in [-0.39, 0.29) is 11.6 Å². The molecule has 1 rings (SSSR count). The number of rotatable bonds is 5. The summed E-state index contributed by atoms with van der Waals surface area (Å²) in [5.74, 6) is 1.42. The highest BCUT2D eigenvalue weighted by atomic mass is 79.9. The van der Waals surface area contributed by atoms with Crippen molar-refractivity contribution in [2.24, 2.45) is 0 Å². The van der Waals surface area contributed by atoms with E-state index in [2.05, 4.69) is 32.5 Å². The third kappa shape index (κ3) is 4.94. The van der Waals surface area contributed by atoms with E-state index >= 15 is 0 Å². The number of benzene rings is 1. The summed E-state index contributed by atoms with van der Waals surface area (Å²) in [7, 11) is 0. The van der Waals surface area contributed by atoms with Crippen molar-refractivity contribution in [3.8, 4) is 12.3 Å². The fourth-order valence-electron chi connectivity index (χ4n) is 1.60. The number of carbonyl (C=O) groups excluding carboxylic acids is 1. The monoisotopic (exact) mass is 338 g/mol. The maximum atomic E-state index is 11.8. The van der Waals surface area contributed by atoms with Crippen molar-refractivity contribution in [1.29, 1.82) is 0 Å². The van der Waals surface area contributed by atoms with Gasteiger partial charge in [-0.05, 0) is 24.6 Å². The first-order valence-electron chi connectivity index (χ1n) is 6.03. The highest BCUT2D eigenvalue weighted by Crippen LogP contribution is 2.19. The number of terminal acetylenes is 1. The van der Waals surface area contributed by atoms with E-state index in [1.54, 1.807) is 6.07 Å². The second kappa shape index (κ2) is 7.56. The Morgan fingerprint density at radius 3 is 2.70 bits per heavy atom. The molecule has 20 heavy (non-hydrogen) atoms. The Hall–Kier alpha value is -2.00. The summed E-state index contributed by atoms with van der Waals surface area (Å²) in [4.78, 5) is 22.7. The molecule has 1 unspecified atom stereocenters. The second-order valence-corrected chi connectivity index (χ2v) is 5.06. The fourth-order valence-corrected chi connectivity index (χ4v) is 2.09. The fraction of sp³-hybridized carbons (Fsp3) is 0.286. The van der Waals surface area contributed by atoms with Crippen LogP contribution in [0.3, 0.4) is 0 Å². The molecule has 1 aromatic rings. The van der Waals surface area contributed by atoms with Gasteiger partial charge in [-0.25, -0.2) is 9.59 Å². The van der Waals surface area contributed by atoms with Crippen LogP contribution in [-0.4, -0.2) is 23.1 Å². The van der Waals surface area contributed by atoms with Crippen LogP contribution >= 0.6 is 15.9 Å². The lowest BCUT2D eigenvalue weighted by Gasteiger charge is -2.13. The van der Waals surface area contributed by atoms with E-state index in [9.17, 15) is 9.59 Å². The number of carboxylic acid groups (broad SMARTS) is 1. The maximum Gasteiger partial charge on any atom is 0.335 e. The zero-order chi connectivity index (χ0) is 15.1. The van der Waals surface area contributed by atoms with Crippen LogP contribution in [-0.2, 0) is 0 Å². The standard InChI is InChI=1S/C14H15BrN2O3/c1-3-5-11(4-2)16-14(20)17-12-7-9(13(18)19)6-10(15)8-12/h2,6-8,11H,3,5H2,1H3,(H,18,19)(H2,16,17,20). The lowest BCUT2D eigenvalue weighted by molar-refractivity contribution is 0.0697. The van der Waals surface area contributed by atoms with E-state index in [1.165, 1.54) is 12.1 Å². The molecule has 1 aromatic carbocycles. The topological polar surface area (TPSA) is 78.4 Å². The molecule has 0 bridgehead atoms. The van der Waals surface area contributed by atoms with Crippen LogP contribution in [0, 0.1) is 12.3 Å². The third-order valence-corrected chi connectivity index (χ3v) is 2.94. The Labute approximate surface area is 125 Å². The predicted octanol–water partition coefficient (Wildman–Crippen LogP) is 3.07. The van der Waals surface area contributed by atoms with Crippen LogP contribution in [0.2, 0.25) is 0 Å². The van der Waals surface area contributed by atoms with Crippen molar-refractivity contribution >= 4 is 33.6 Å². The summed E-state index contributed by atoms with van der Waals surface area (Å²) in [6.45, 7) is 1.97. The van der Waals surface area contributed by atoms with Gasteiger partial charge in [0.05, 0.1) is 11.6 Å².